The number of nitrogens with one attached hydrogen (secondary N) is 2. The molecule has 0 bridgehead atoms. The zero-order valence-corrected chi connectivity index (χ0v) is 8.57. The first kappa shape index (κ1) is 9.73. The minimum absolute atomic E-state index is 0.682. The topological polar surface area (TPSA) is 57.4 Å². The number of aromatic nitrogens is 4. The molecule has 0 aliphatic carbocycles. The number of fused-ring (bicyclic) bond motifs is 1. The van der Waals surface area contributed by atoms with E-state index in [-0.39, 0.29) is 0 Å². The molecule has 0 fully saturated rings. The summed E-state index contributed by atoms with van der Waals surface area (Å²) in [6.45, 7) is 0. The number of H-pyrrole nitrogens is 2. The third-order valence-electron chi connectivity index (χ3n) is 1.77. The maximum absolute atomic E-state index is 5.69. The van der Waals surface area contributed by atoms with Crippen molar-refractivity contribution in [3.8, 4) is 0 Å². The van der Waals surface area contributed by atoms with Gasteiger partial charge in [0.05, 0.1) is 0 Å². The van der Waals surface area contributed by atoms with E-state index >= 15 is 0 Å². The van der Waals surface area contributed by atoms with Crippen LogP contribution in [0.5, 0.6) is 0 Å². The lowest BCUT2D eigenvalue weighted by molar-refractivity contribution is 0.959. The molecule has 5 heteroatoms. The van der Waals surface area contributed by atoms with Crippen molar-refractivity contribution in [2.45, 2.75) is 0 Å². The van der Waals surface area contributed by atoms with Gasteiger partial charge in [-0.1, -0.05) is 11.6 Å². The van der Waals surface area contributed by atoms with Gasteiger partial charge in [-0.3, -0.25) is 0 Å². The zero-order valence-electron chi connectivity index (χ0n) is 7.81. The Bertz CT molecular complexity index is 498. The van der Waals surface area contributed by atoms with Crippen LogP contribution in [0, 0.1) is 0 Å². The Morgan fingerprint density at radius 1 is 1.00 bits per heavy atom. The fourth-order valence-electron chi connectivity index (χ4n) is 1.09. The van der Waals surface area contributed by atoms with Gasteiger partial charge in [0.15, 0.2) is 0 Å². The molecule has 0 aliphatic heterocycles. The van der Waals surface area contributed by atoms with Crippen molar-refractivity contribution in [1.29, 1.82) is 0 Å². The van der Waals surface area contributed by atoms with Gasteiger partial charge in [-0.2, -0.15) is 15.4 Å². The molecule has 0 atom stereocenters. The average Bonchev–Trinajstić information content (AvgIpc) is 2.91. The van der Waals surface area contributed by atoms with Crippen LogP contribution in [-0.2, 0) is 0 Å². The smallest absolute Gasteiger partial charge is 0.114 e. The summed E-state index contributed by atoms with van der Waals surface area (Å²) in [5.41, 5.74) is 1.64. The number of aromatic amines is 2. The summed E-state index contributed by atoms with van der Waals surface area (Å²) in [5.74, 6) is 0. The summed E-state index contributed by atoms with van der Waals surface area (Å²) in [7, 11) is 0. The first-order chi connectivity index (χ1) is 7.36. The second-order valence-corrected chi connectivity index (χ2v) is 3.28. The number of nitrogens with zero attached hydrogens (tertiary/aromatic N) is 2. The predicted octanol–water partition coefficient (Wildman–Crippen LogP) is 2.63. The Hall–Kier alpha value is -1.81. The van der Waals surface area contributed by atoms with E-state index in [4.69, 9.17) is 11.6 Å². The lowest BCUT2D eigenvalue weighted by Crippen LogP contribution is -1.67. The number of halogens is 1. The van der Waals surface area contributed by atoms with E-state index in [9.17, 15) is 0 Å². The molecule has 15 heavy (non-hydrogen) atoms. The van der Waals surface area contributed by atoms with Crippen LogP contribution in [-0.4, -0.2) is 20.4 Å². The molecule has 2 aromatic heterocycles. The standard InChI is InChI=1S/C6H4ClN3.C4H5N/c7-4-1-2-5-6(3-4)9-10-8-5;1-2-4-5-3-1/h1-3H,(H,8,9,10);1-5H. The van der Waals surface area contributed by atoms with E-state index in [0.29, 0.717) is 5.02 Å². The minimum atomic E-state index is 0.682. The van der Waals surface area contributed by atoms with Crippen LogP contribution in [0.25, 0.3) is 11.0 Å². The van der Waals surface area contributed by atoms with Gasteiger partial charge in [0.1, 0.15) is 11.0 Å². The maximum Gasteiger partial charge on any atom is 0.114 e. The van der Waals surface area contributed by atoms with Gasteiger partial charge in [0.2, 0.25) is 0 Å². The molecule has 0 amide bonds. The monoisotopic (exact) mass is 220 g/mol. The summed E-state index contributed by atoms with van der Waals surface area (Å²) in [4.78, 5) is 2.86. The largest absolute Gasteiger partial charge is 0.368 e. The molecule has 0 saturated heterocycles. The molecule has 0 unspecified atom stereocenters. The van der Waals surface area contributed by atoms with Crippen molar-refractivity contribution >= 4 is 22.6 Å². The Kier molecular flexibility index (Phi) is 2.99. The highest BCUT2D eigenvalue weighted by Gasteiger charge is 1.95. The van der Waals surface area contributed by atoms with Gasteiger partial charge >= 0.3 is 0 Å². The third kappa shape index (κ3) is 2.57. The van der Waals surface area contributed by atoms with Crippen molar-refractivity contribution in [2.75, 3.05) is 0 Å². The van der Waals surface area contributed by atoms with Crippen LogP contribution in [0.4, 0.5) is 0 Å². The van der Waals surface area contributed by atoms with E-state index in [1.807, 2.05) is 30.6 Å². The first-order valence-electron chi connectivity index (χ1n) is 4.40. The van der Waals surface area contributed by atoms with Gasteiger partial charge in [0, 0.05) is 17.4 Å². The summed E-state index contributed by atoms with van der Waals surface area (Å²) in [6.07, 6.45) is 3.75. The van der Waals surface area contributed by atoms with Crippen molar-refractivity contribution < 1.29 is 0 Å². The molecular weight excluding hydrogens is 212 g/mol. The molecule has 2 N–H and O–H groups in total. The maximum atomic E-state index is 5.69. The van der Waals surface area contributed by atoms with Crippen LogP contribution in [0.15, 0.2) is 42.7 Å². The molecule has 0 saturated carbocycles. The quantitative estimate of drug-likeness (QED) is 0.612. The molecule has 0 spiro atoms. The Morgan fingerprint density at radius 2 is 1.73 bits per heavy atom. The van der Waals surface area contributed by atoms with Crippen molar-refractivity contribution in [1.82, 2.24) is 20.4 Å². The summed E-state index contributed by atoms with van der Waals surface area (Å²) < 4.78 is 0. The summed E-state index contributed by atoms with van der Waals surface area (Å²) in [6, 6.07) is 9.26. The number of hydrogen-bond acceptors (Lipinski definition) is 2. The number of rotatable bonds is 0. The van der Waals surface area contributed by atoms with Crippen LogP contribution >= 0.6 is 11.6 Å². The van der Waals surface area contributed by atoms with Crippen LogP contribution in [0.2, 0.25) is 5.02 Å². The number of hydrogen-bond donors (Lipinski definition) is 2. The van der Waals surface area contributed by atoms with Crippen LogP contribution in [0.3, 0.4) is 0 Å². The van der Waals surface area contributed by atoms with E-state index in [0.717, 1.165) is 11.0 Å². The van der Waals surface area contributed by atoms with Crippen molar-refractivity contribution in [3.63, 3.8) is 0 Å². The highest BCUT2D eigenvalue weighted by Crippen LogP contribution is 2.13. The van der Waals surface area contributed by atoms with E-state index in [1.54, 1.807) is 12.1 Å². The highest BCUT2D eigenvalue weighted by molar-refractivity contribution is 6.31. The summed E-state index contributed by atoms with van der Waals surface area (Å²) >= 11 is 5.69. The Morgan fingerprint density at radius 3 is 2.40 bits per heavy atom. The lowest BCUT2D eigenvalue weighted by atomic mass is 10.3. The van der Waals surface area contributed by atoms with E-state index in [1.165, 1.54) is 0 Å². The van der Waals surface area contributed by atoms with Crippen molar-refractivity contribution in [3.05, 3.63) is 47.7 Å². The van der Waals surface area contributed by atoms with Gasteiger partial charge in [0.25, 0.3) is 0 Å². The molecule has 0 aliphatic rings. The second-order valence-electron chi connectivity index (χ2n) is 2.84. The molecule has 3 aromatic rings. The van der Waals surface area contributed by atoms with Crippen LogP contribution < -0.4 is 0 Å². The van der Waals surface area contributed by atoms with Crippen molar-refractivity contribution in [2.24, 2.45) is 0 Å². The van der Waals surface area contributed by atoms with E-state index in [2.05, 4.69) is 20.4 Å². The summed E-state index contributed by atoms with van der Waals surface area (Å²) in [5, 5.41) is 10.9. The fraction of sp³-hybridized carbons (Fsp3) is 0. The molecule has 0 radical (unpaired) electrons. The SMILES string of the molecule is Clc1ccc2n[nH]nc2c1.c1cc[nH]c1. The van der Waals surface area contributed by atoms with Crippen LogP contribution in [0.1, 0.15) is 0 Å². The number of benzene rings is 1. The average molecular weight is 221 g/mol. The molecule has 3 rings (SSSR count). The highest BCUT2D eigenvalue weighted by atomic mass is 35.5. The molecule has 76 valence electrons. The normalized spacial score (nSPS) is 9.67. The Labute approximate surface area is 91.3 Å². The predicted molar refractivity (Wildman–Crippen MR) is 59.7 cm³/mol. The van der Waals surface area contributed by atoms with Gasteiger partial charge in [-0.15, -0.1) is 0 Å². The fourth-order valence-corrected chi connectivity index (χ4v) is 1.26. The van der Waals surface area contributed by atoms with Gasteiger partial charge in [-0.05, 0) is 30.3 Å². The zero-order chi connectivity index (χ0) is 10.5. The third-order valence-corrected chi connectivity index (χ3v) is 2.01. The Balaban J connectivity index is 0.000000144. The molecule has 1 aromatic carbocycles. The lowest BCUT2D eigenvalue weighted by Gasteiger charge is -1.84. The second kappa shape index (κ2) is 4.61. The molecule has 2 heterocycles. The van der Waals surface area contributed by atoms with E-state index < -0.39 is 0 Å². The molecular formula is C10H9ClN4. The molecule has 4 nitrogen and oxygen atoms in total. The van der Waals surface area contributed by atoms with Gasteiger partial charge < -0.3 is 4.98 Å². The van der Waals surface area contributed by atoms with Gasteiger partial charge in [-0.25, -0.2) is 0 Å². The minimum Gasteiger partial charge on any atom is -0.368 e. The first-order valence-corrected chi connectivity index (χ1v) is 4.78.